The van der Waals surface area contributed by atoms with Crippen molar-refractivity contribution in [2.75, 3.05) is 6.54 Å². The van der Waals surface area contributed by atoms with Crippen molar-refractivity contribution in [3.05, 3.63) is 0 Å². The van der Waals surface area contributed by atoms with E-state index >= 15 is 0 Å². The minimum atomic E-state index is -4.01. The maximum atomic E-state index is 11.8. The van der Waals surface area contributed by atoms with E-state index in [1.54, 1.807) is 0 Å². The van der Waals surface area contributed by atoms with E-state index in [4.69, 9.17) is 0 Å². The average Bonchev–Trinajstić information content (AvgIpc) is 2.18. The fraction of sp³-hybridized carbons (Fsp3) is 1.00. The van der Waals surface area contributed by atoms with Gasteiger partial charge in [0.05, 0.1) is 0 Å². The highest BCUT2D eigenvalue weighted by Gasteiger charge is 2.25. The number of halogens is 3. The van der Waals surface area contributed by atoms with Gasteiger partial charge in [-0.3, -0.25) is 0 Å². The van der Waals surface area contributed by atoms with Crippen LogP contribution >= 0.6 is 0 Å². The highest BCUT2D eigenvalue weighted by atomic mass is 19.4. The Balaban J connectivity index is 3.27. The van der Waals surface area contributed by atoms with Crippen molar-refractivity contribution in [2.24, 2.45) is 0 Å². The summed E-state index contributed by atoms with van der Waals surface area (Å²) < 4.78 is 35.5. The topological polar surface area (TPSA) is 12.0 Å². The smallest absolute Gasteiger partial charge is 0.314 e. The van der Waals surface area contributed by atoms with Crippen LogP contribution in [0.4, 0.5) is 13.2 Å². The monoisotopic (exact) mass is 239 g/mol. The molecule has 0 aliphatic heterocycles. The van der Waals surface area contributed by atoms with E-state index in [9.17, 15) is 13.2 Å². The molecule has 1 N–H and O–H groups in total. The fourth-order valence-electron chi connectivity index (χ4n) is 1.62. The van der Waals surface area contributed by atoms with E-state index in [1.807, 2.05) is 6.92 Å². The van der Waals surface area contributed by atoms with Crippen molar-refractivity contribution in [3.63, 3.8) is 0 Å². The normalized spacial score (nSPS) is 14.1. The van der Waals surface area contributed by atoms with Gasteiger partial charge in [-0.1, -0.05) is 32.6 Å². The molecule has 0 fully saturated rings. The first-order chi connectivity index (χ1) is 7.45. The van der Waals surface area contributed by atoms with Crippen LogP contribution in [0.25, 0.3) is 0 Å². The van der Waals surface area contributed by atoms with Crippen LogP contribution in [0, 0.1) is 0 Å². The summed E-state index contributed by atoms with van der Waals surface area (Å²) in [6.07, 6.45) is 1.42. The Kier molecular flexibility index (Phi) is 8.71. The molecule has 98 valence electrons. The Labute approximate surface area is 96.8 Å². The zero-order valence-electron chi connectivity index (χ0n) is 10.4. The summed E-state index contributed by atoms with van der Waals surface area (Å²) in [5.74, 6) is 0. The molecule has 0 aliphatic rings. The molecule has 1 atom stereocenters. The summed E-state index contributed by atoms with van der Waals surface area (Å²) in [6.45, 7) is 4.67. The second-order valence-corrected chi connectivity index (χ2v) is 4.42. The molecule has 0 heterocycles. The fourth-order valence-corrected chi connectivity index (χ4v) is 1.62. The SMILES string of the molecule is CCCCCCC(C)NCCCC(F)(F)F. The van der Waals surface area contributed by atoms with Crippen LogP contribution in [0.1, 0.15) is 58.8 Å². The second kappa shape index (κ2) is 8.85. The first-order valence-corrected chi connectivity index (χ1v) is 6.26. The first-order valence-electron chi connectivity index (χ1n) is 6.26. The molecule has 4 heteroatoms. The molecule has 0 aromatic heterocycles. The zero-order chi connectivity index (χ0) is 12.4. The van der Waals surface area contributed by atoms with Gasteiger partial charge in [-0.25, -0.2) is 0 Å². The van der Waals surface area contributed by atoms with Gasteiger partial charge in [-0.2, -0.15) is 13.2 Å². The summed E-state index contributed by atoms with van der Waals surface area (Å²) in [4.78, 5) is 0. The largest absolute Gasteiger partial charge is 0.389 e. The lowest BCUT2D eigenvalue weighted by Crippen LogP contribution is -2.27. The summed E-state index contributed by atoms with van der Waals surface area (Å²) >= 11 is 0. The van der Waals surface area contributed by atoms with E-state index in [2.05, 4.69) is 12.2 Å². The highest BCUT2D eigenvalue weighted by molar-refractivity contribution is 4.62. The van der Waals surface area contributed by atoms with Crippen LogP contribution in [0.3, 0.4) is 0 Å². The Bertz CT molecular complexity index is 157. The molecule has 1 unspecified atom stereocenters. The highest BCUT2D eigenvalue weighted by Crippen LogP contribution is 2.20. The van der Waals surface area contributed by atoms with Gasteiger partial charge in [0.15, 0.2) is 0 Å². The number of nitrogens with one attached hydrogen (secondary N) is 1. The van der Waals surface area contributed by atoms with Crippen molar-refractivity contribution in [1.29, 1.82) is 0 Å². The predicted molar refractivity (Wildman–Crippen MR) is 61.5 cm³/mol. The molecule has 0 aliphatic carbocycles. The van der Waals surface area contributed by atoms with Gasteiger partial charge in [0.1, 0.15) is 0 Å². The number of hydrogen-bond donors (Lipinski definition) is 1. The Morgan fingerprint density at radius 2 is 1.75 bits per heavy atom. The van der Waals surface area contributed by atoms with E-state index in [0.29, 0.717) is 12.6 Å². The van der Waals surface area contributed by atoms with Crippen LogP contribution in [0.15, 0.2) is 0 Å². The lowest BCUT2D eigenvalue weighted by Gasteiger charge is -2.14. The van der Waals surface area contributed by atoms with Gasteiger partial charge < -0.3 is 5.32 Å². The second-order valence-electron chi connectivity index (χ2n) is 4.42. The van der Waals surface area contributed by atoms with Crippen LogP contribution in [0.2, 0.25) is 0 Å². The van der Waals surface area contributed by atoms with Gasteiger partial charge >= 0.3 is 6.18 Å². The number of unbranched alkanes of at least 4 members (excludes halogenated alkanes) is 3. The van der Waals surface area contributed by atoms with Crippen LogP contribution in [0.5, 0.6) is 0 Å². The van der Waals surface area contributed by atoms with Crippen molar-refractivity contribution >= 4 is 0 Å². The summed E-state index contributed by atoms with van der Waals surface area (Å²) in [6, 6.07) is 0.338. The molecule has 0 amide bonds. The van der Waals surface area contributed by atoms with Crippen LogP contribution < -0.4 is 5.32 Å². The van der Waals surface area contributed by atoms with Gasteiger partial charge in [-0.05, 0) is 26.3 Å². The van der Waals surface area contributed by atoms with Crippen molar-refractivity contribution < 1.29 is 13.2 Å². The number of hydrogen-bond acceptors (Lipinski definition) is 1. The summed E-state index contributed by atoms with van der Waals surface area (Å²) in [5, 5.41) is 3.13. The van der Waals surface area contributed by atoms with Crippen molar-refractivity contribution in [1.82, 2.24) is 5.32 Å². The van der Waals surface area contributed by atoms with E-state index in [-0.39, 0.29) is 6.42 Å². The maximum Gasteiger partial charge on any atom is 0.389 e. The lowest BCUT2D eigenvalue weighted by atomic mass is 10.1. The van der Waals surface area contributed by atoms with Gasteiger partial charge in [0.2, 0.25) is 0 Å². The van der Waals surface area contributed by atoms with E-state index in [0.717, 1.165) is 6.42 Å². The van der Waals surface area contributed by atoms with Crippen molar-refractivity contribution in [3.8, 4) is 0 Å². The number of alkyl halides is 3. The first kappa shape index (κ1) is 15.8. The summed E-state index contributed by atoms with van der Waals surface area (Å²) in [5.41, 5.74) is 0. The third-order valence-corrected chi connectivity index (χ3v) is 2.62. The average molecular weight is 239 g/mol. The molecule has 0 saturated heterocycles. The van der Waals surface area contributed by atoms with Gasteiger partial charge in [0, 0.05) is 12.5 Å². The Morgan fingerprint density at radius 3 is 2.31 bits per heavy atom. The molecule has 0 bridgehead atoms. The third kappa shape index (κ3) is 11.8. The van der Waals surface area contributed by atoms with Crippen LogP contribution in [-0.4, -0.2) is 18.8 Å². The molecule has 0 saturated carbocycles. The molecule has 0 rings (SSSR count). The minimum absolute atomic E-state index is 0.183. The molecule has 1 nitrogen and oxygen atoms in total. The van der Waals surface area contributed by atoms with Crippen LogP contribution in [-0.2, 0) is 0 Å². The number of rotatable bonds is 9. The molecule has 0 aromatic carbocycles. The van der Waals surface area contributed by atoms with Gasteiger partial charge in [0.25, 0.3) is 0 Å². The van der Waals surface area contributed by atoms with Gasteiger partial charge in [-0.15, -0.1) is 0 Å². The molecule has 0 spiro atoms. The zero-order valence-corrected chi connectivity index (χ0v) is 10.4. The Morgan fingerprint density at radius 1 is 1.06 bits per heavy atom. The molecular weight excluding hydrogens is 215 g/mol. The molecular formula is C12H24F3N. The third-order valence-electron chi connectivity index (χ3n) is 2.62. The quantitative estimate of drug-likeness (QED) is 0.592. The molecule has 0 radical (unpaired) electrons. The minimum Gasteiger partial charge on any atom is -0.314 e. The Hall–Kier alpha value is -0.250. The van der Waals surface area contributed by atoms with E-state index in [1.165, 1.54) is 25.7 Å². The summed E-state index contributed by atoms with van der Waals surface area (Å²) in [7, 11) is 0. The lowest BCUT2D eigenvalue weighted by molar-refractivity contribution is -0.135. The van der Waals surface area contributed by atoms with E-state index < -0.39 is 12.6 Å². The molecule has 0 aromatic rings. The maximum absolute atomic E-state index is 11.8. The molecule has 16 heavy (non-hydrogen) atoms. The predicted octanol–water partition coefficient (Wildman–Crippen LogP) is 4.28. The van der Waals surface area contributed by atoms with Crippen molar-refractivity contribution in [2.45, 2.75) is 71.0 Å². The standard InChI is InChI=1S/C12H24F3N/c1-3-4-5-6-8-11(2)16-10-7-9-12(13,14)15/h11,16H,3-10H2,1-2H3.